The number of rotatable bonds is 5. The van der Waals surface area contributed by atoms with Gasteiger partial charge >= 0.3 is 11.6 Å². The molecule has 1 aromatic carbocycles. The third-order valence-corrected chi connectivity index (χ3v) is 3.64. The van der Waals surface area contributed by atoms with Crippen molar-refractivity contribution in [1.29, 1.82) is 0 Å². The summed E-state index contributed by atoms with van der Waals surface area (Å²) < 4.78 is 16.2. The Morgan fingerprint density at radius 3 is 2.40 bits per heavy atom. The number of methoxy groups -OCH3 is 1. The second kappa shape index (κ2) is 7.83. The Labute approximate surface area is 146 Å². The highest BCUT2D eigenvalue weighted by Crippen LogP contribution is 2.35. The second-order valence-electron chi connectivity index (χ2n) is 6.12. The first kappa shape index (κ1) is 18.5. The second-order valence-corrected chi connectivity index (χ2v) is 6.12. The van der Waals surface area contributed by atoms with Gasteiger partial charge in [-0.3, -0.25) is 0 Å². The van der Waals surface area contributed by atoms with E-state index in [9.17, 15) is 9.59 Å². The lowest BCUT2D eigenvalue weighted by atomic mass is 9.98. The number of hydrogen-bond donors (Lipinski definition) is 0. The van der Waals surface area contributed by atoms with Gasteiger partial charge in [-0.15, -0.1) is 0 Å². The van der Waals surface area contributed by atoms with Gasteiger partial charge in [-0.05, 0) is 45.9 Å². The number of benzene rings is 1. The van der Waals surface area contributed by atoms with Crippen molar-refractivity contribution in [3.05, 3.63) is 57.5 Å². The van der Waals surface area contributed by atoms with Gasteiger partial charge < -0.3 is 13.9 Å². The lowest BCUT2D eigenvalue weighted by molar-refractivity contribution is -0.136. The van der Waals surface area contributed by atoms with Crippen molar-refractivity contribution < 1.29 is 18.7 Å². The number of esters is 1. The molecule has 0 N–H and O–H groups in total. The van der Waals surface area contributed by atoms with Gasteiger partial charge in [0, 0.05) is 23.1 Å². The van der Waals surface area contributed by atoms with Crippen LogP contribution in [0.4, 0.5) is 0 Å². The van der Waals surface area contributed by atoms with Gasteiger partial charge in [0.25, 0.3) is 0 Å². The molecule has 0 atom stereocenters. The van der Waals surface area contributed by atoms with Gasteiger partial charge in [0.15, 0.2) is 0 Å². The minimum Gasteiger partial charge on any atom is -0.496 e. The number of carbonyl (C=O) groups is 1. The fourth-order valence-corrected chi connectivity index (χ4v) is 2.46. The number of carbonyl (C=O) groups excluding carboxylic acids is 1. The van der Waals surface area contributed by atoms with E-state index >= 15 is 0 Å². The Bertz CT molecular complexity index is 907. The Morgan fingerprint density at radius 2 is 1.80 bits per heavy atom. The summed E-state index contributed by atoms with van der Waals surface area (Å²) >= 11 is 0. The van der Waals surface area contributed by atoms with Crippen LogP contribution in [-0.4, -0.2) is 19.7 Å². The standard InChI is InChI=1S/C20H22O5/c1-12(2)10-18(22)24-11-15(13(3)4)19-16(23-5)8-6-14-7-9-17(21)25-20(14)19/h6-10H,11H2,1-5H3. The molecular formula is C20H22O5. The van der Waals surface area contributed by atoms with Gasteiger partial charge in [-0.1, -0.05) is 11.1 Å². The van der Waals surface area contributed by atoms with Gasteiger partial charge in [0.1, 0.15) is 17.9 Å². The van der Waals surface area contributed by atoms with E-state index in [1.165, 1.54) is 12.1 Å². The average molecular weight is 342 g/mol. The fraction of sp³-hybridized carbons (Fsp3) is 0.300. The van der Waals surface area contributed by atoms with E-state index in [0.29, 0.717) is 16.9 Å². The summed E-state index contributed by atoms with van der Waals surface area (Å²) in [6, 6.07) is 6.69. The molecule has 0 unspecified atom stereocenters. The molecule has 0 amide bonds. The summed E-state index contributed by atoms with van der Waals surface area (Å²) in [5.41, 5.74) is 3.13. The van der Waals surface area contributed by atoms with Crippen molar-refractivity contribution in [2.24, 2.45) is 0 Å². The van der Waals surface area contributed by atoms with E-state index < -0.39 is 11.6 Å². The molecule has 0 saturated heterocycles. The van der Waals surface area contributed by atoms with Crippen LogP contribution in [0.1, 0.15) is 33.3 Å². The van der Waals surface area contributed by atoms with Gasteiger partial charge in [-0.2, -0.15) is 0 Å². The van der Waals surface area contributed by atoms with Crippen LogP contribution in [0.3, 0.4) is 0 Å². The van der Waals surface area contributed by atoms with Crippen LogP contribution >= 0.6 is 0 Å². The monoisotopic (exact) mass is 342 g/mol. The molecule has 0 aliphatic heterocycles. The minimum absolute atomic E-state index is 0.0546. The molecule has 5 heteroatoms. The van der Waals surface area contributed by atoms with Crippen LogP contribution in [0.25, 0.3) is 16.5 Å². The molecule has 0 aliphatic rings. The summed E-state index contributed by atoms with van der Waals surface area (Å²) in [6.07, 6.45) is 1.43. The van der Waals surface area contributed by atoms with Crippen LogP contribution in [-0.2, 0) is 9.53 Å². The molecule has 2 aromatic rings. The van der Waals surface area contributed by atoms with E-state index in [0.717, 1.165) is 22.1 Å². The van der Waals surface area contributed by atoms with Crippen LogP contribution < -0.4 is 10.4 Å². The Kier molecular flexibility index (Phi) is 5.80. The van der Waals surface area contributed by atoms with E-state index in [1.54, 1.807) is 19.2 Å². The number of allylic oxidation sites excluding steroid dienone is 2. The summed E-state index contributed by atoms with van der Waals surface area (Å²) in [5, 5.41) is 0.768. The Morgan fingerprint density at radius 1 is 1.12 bits per heavy atom. The maximum atomic E-state index is 11.9. The molecule has 5 nitrogen and oxygen atoms in total. The van der Waals surface area contributed by atoms with E-state index in [4.69, 9.17) is 13.9 Å². The number of ether oxygens (including phenoxy) is 2. The third-order valence-electron chi connectivity index (χ3n) is 3.64. The first-order valence-corrected chi connectivity index (χ1v) is 7.92. The molecule has 0 spiro atoms. The minimum atomic E-state index is -0.448. The van der Waals surface area contributed by atoms with Crippen LogP contribution in [0.15, 0.2) is 50.7 Å². The van der Waals surface area contributed by atoms with Crippen LogP contribution in [0.2, 0.25) is 0 Å². The molecule has 0 fully saturated rings. The normalized spacial score (nSPS) is 10.3. The third kappa shape index (κ3) is 4.38. The first-order chi connectivity index (χ1) is 11.8. The molecule has 0 aliphatic carbocycles. The lowest BCUT2D eigenvalue weighted by Gasteiger charge is -2.16. The molecule has 0 saturated carbocycles. The zero-order valence-electron chi connectivity index (χ0n) is 15.1. The SMILES string of the molecule is COc1ccc2ccc(=O)oc2c1C(COC(=O)C=C(C)C)=C(C)C. The van der Waals surface area contributed by atoms with Crippen LogP contribution in [0.5, 0.6) is 5.75 Å². The maximum absolute atomic E-state index is 11.9. The zero-order chi connectivity index (χ0) is 18.6. The number of hydrogen-bond acceptors (Lipinski definition) is 5. The molecular weight excluding hydrogens is 320 g/mol. The molecule has 0 bridgehead atoms. The first-order valence-electron chi connectivity index (χ1n) is 7.92. The van der Waals surface area contributed by atoms with Gasteiger partial charge in [0.05, 0.1) is 12.7 Å². The predicted octanol–water partition coefficient (Wildman–Crippen LogP) is 4.10. The highest BCUT2D eigenvalue weighted by Gasteiger charge is 2.18. The highest BCUT2D eigenvalue weighted by atomic mass is 16.5. The van der Waals surface area contributed by atoms with E-state index in [2.05, 4.69) is 0 Å². The number of fused-ring (bicyclic) bond motifs is 1. The molecule has 1 aromatic heterocycles. The molecule has 132 valence electrons. The van der Waals surface area contributed by atoms with Crippen molar-refractivity contribution in [3.8, 4) is 5.75 Å². The van der Waals surface area contributed by atoms with Crippen molar-refractivity contribution in [1.82, 2.24) is 0 Å². The molecule has 25 heavy (non-hydrogen) atoms. The van der Waals surface area contributed by atoms with Crippen molar-refractivity contribution in [3.63, 3.8) is 0 Å². The highest BCUT2D eigenvalue weighted by molar-refractivity contribution is 5.94. The molecule has 0 radical (unpaired) electrons. The largest absolute Gasteiger partial charge is 0.496 e. The Hall–Kier alpha value is -2.82. The average Bonchev–Trinajstić information content (AvgIpc) is 2.54. The maximum Gasteiger partial charge on any atom is 0.336 e. The summed E-state index contributed by atoms with van der Waals surface area (Å²) in [5.74, 6) is 0.135. The predicted molar refractivity (Wildman–Crippen MR) is 97.7 cm³/mol. The fourth-order valence-electron chi connectivity index (χ4n) is 2.46. The zero-order valence-corrected chi connectivity index (χ0v) is 15.1. The van der Waals surface area contributed by atoms with Crippen molar-refractivity contribution in [2.45, 2.75) is 27.7 Å². The lowest BCUT2D eigenvalue weighted by Crippen LogP contribution is -2.08. The van der Waals surface area contributed by atoms with Crippen molar-refractivity contribution >= 4 is 22.5 Å². The summed E-state index contributed by atoms with van der Waals surface area (Å²) in [4.78, 5) is 23.6. The Balaban J connectivity index is 2.57. The van der Waals surface area contributed by atoms with Gasteiger partial charge in [-0.25, -0.2) is 9.59 Å². The van der Waals surface area contributed by atoms with Gasteiger partial charge in [0.2, 0.25) is 0 Å². The summed E-state index contributed by atoms with van der Waals surface area (Å²) in [6.45, 7) is 7.52. The quantitative estimate of drug-likeness (QED) is 0.465. The summed E-state index contributed by atoms with van der Waals surface area (Å²) in [7, 11) is 1.55. The smallest absolute Gasteiger partial charge is 0.336 e. The topological polar surface area (TPSA) is 65.7 Å². The molecule has 2 rings (SSSR count). The van der Waals surface area contributed by atoms with E-state index in [-0.39, 0.29) is 6.61 Å². The van der Waals surface area contributed by atoms with E-state index in [1.807, 2.05) is 33.8 Å². The molecule has 1 heterocycles. The van der Waals surface area contributed by atoms with Crippen molar-refractivity contribution in [2.75, 3.05) is 13.7 Å². The van der Waals surface area contributed by atoms with Crippen LogP contribution in [0, 0.1) is 0 Å².